The van der Waals surface area contributed by atoms with Gasteiger partial charge >= 0.3 is 0 Å². The van der Waals surface area contributed by atoms with Gasteiger partial charge in [-0.3, -0.25) is 9.59 Å². The van der Waals surface area contributed by atoms with Crippen molar-refractivity contribution in [1.29, 1.82) is 0 Å². The summed E-state index contributed by atoms with van der Waals surface area (Å²) in [6, 6.07) is 11.1. The molecule has 0 saturated carbocycles. The van der Waals surface area contributed by atoms with E-state index in [-0.39, 0.29) is 24.5 Å². The molecular weight excluding hydrogens is 446 g/mol. The van der Waals surface area contributed by atoms with Gasteiger partial charge in [-0.1, -0.05) is 30.7 Å². The molecule has 1 unspecified atom stereocenters. The van der Waals surface area contributed by atoms with Gasteiger partial charge in [-0.15, -0.1) is 0 Å². The number of methoxy groups -OCH3 is 1. The van der Waals surface area contributed by atoms with E-state index in [0.717, 1.165) is 6.42 Å². The molecule has 176 valence electrons. The predicted octanol–water partition coefficient (Wildman–Crippen LogP) is 4.60. The van der Waals surface area contributed by atoms with Gasteiger partial charge in [0, 0.05) is 19.2 Å². The molecule has 2 aromatic rings. The summed E-state index contributed by atoms with van der Waals surface area (Å²) in [6.07, 6.45) is 0.843. The van der Waals surface area contributed by atoms with Gasteiger partial charge < -0.3 is 24.2 Å². The van der Waals surface area contributed by atoms with Crippen LogP contribution in [-0.4, -0.2) is 55.2 Å². The van der Waals surface area contributed by atoms with Crippen LogP contribution in [0.15, 0.2) is 48.0 Å². The molecule has 1 atom stereocenters. The molecule has 3 rings (SSSR count). The number of carbonyl (C=O) groups is 2. The van der Waals surface area contributed by atoms with Gasteiger partial charge in [-0.2, -0.15) is 0 Å². The summed E-state index contributed by atoms with van der Waals surface area (Å²) >= 11 is 6.18. The second-order valence-corrected chi connectivity index (χ2v) is 7.89. The molecule has 0 aromatic heterocycles. The summed E-state index contributed by atoms with van der Waals surface area (Å²) < 4.78 is 16.4. The Hall–Kier alpha value is -3.03. The van der Waals surface area contributed by atoms with Crippen molar-refractivity contribution in [2.75, 3.05) is 33.5 Å². The van der Waals surface area contributed by atoms with Crippen LogP contribution in [0.3, 0.4) is 0 Å². The standard InChI is InChI=1S/C25H28ClNO6/c1-4-12-33-18-8-6-7-16(14-18)22-21(24(29)25(30)27(22)11-13-31-3)23(28)17-9-10-19(26)20(15-17)32-5-2/h6-10,14-15,22,28H,4-5,11-13H2,1-3H3/b23-21-. The third-order valence-electron chi connectivity index (χ3n) is 5.23. The first-order chi connectivity index (χ1) is 15.9. The Labute approximate surface area is 198 Å². The lowest BCUT2D eigenvalue weighted by Gasteiger charge is -2.25. The highest BCUT2D eigenvalue weighted by atomic mass is 35.5. The van der Waals surface area contributed by atoms with Gasteiger partial charge in [0.25, 0.3) is 11.7 Å². The lowest BCUT2D eigenvalue weighted by atomic mass is 9.95. The smallest absolute Gasteiger partial charge is 0.295 e. The van der Waals surface area contributed by atoms with Crippen molar-refractivity contribution in [3.8, 4) is 11.5 Å². The second-order valence-electron chi connectivity index (χ2n) is 7.48. The molecule has 2 aromatic carbocycles. The van der Waals surface area contributed by atoms with Crippen molar-refractivity contribution >= 4 is 29.1 Å². The molecule has 1 aliphatic heterocycles. The number of ketones is 1. The number of halogens is 1. The number of benzene rings is 2. The molecule has 8 heteroatoms. The van der Waals surface area contributed by atoms with Crippen molar-refractivity contribution < 1.29 is 28.9 Å². The van der Waals surface area contributed by atoms with Gasteiger partial charge in [0.15, 0.2) is 0 Å². The number of hydrogen-bond acceptors (Lipinski definition) is 6. The number of Topliss-reactive ketones (excluding diaryl/α,β-unsaturated/α-hetero) is 1. The normalized spacial score (nSPS) is 17.5. The van der Waals surface area contributed by atoms with E-state index < -0.39 is 17.7 Å². The first-order valence-corrected chi connectivity index (χ1v) is 11.2. The molecule has 1 fully saturated rings. The first-order valence-electron chi connectivity index (χ1n) is 10.9. The summed E-state index contributed by atoms with van der Waals surface area (Å²) in [5, 5.41) is 11.6. The SMILES string of the molecule is CCCOc1cccc(C2/C(=C(/O)c3ccc(Cl)c(OCC)c3)C(=O)C(=O)N2CCOC)c1. The fourth-order valence-corrected chi connectivity index (χ4v) is 3.89. The first kappa shape index (κ1) is 24.6. The topological polar surface area (TPSA) is 85.3 Å². The summed E-state index contributed by atoms with van der Waals surface area (Å²) in [5.41, 5.74) is 0.976. The zero-order valence-electron chi connectivity index (χ0n) is 19.0. The highest BCUT2D eigenvalue weighted by Crippen LogP contribution is 2.41. The minimum Gasteiger partial charge on any atom is -0.507 e. The maximum Gasteiger partial charge on any atom is 0.295 e. The molecular formula is C25H28ClNO6. The lowest BCUT2D eigenvalue weighted by Crippen LogP contribution is -2.32. The summed E-state index contributed by atoms with van der Waals surface area (Å²) in [4.78, 5) is 27.4. The van der Waals surface area contributed by atoms with Gasteiger partial charge in [-0.25, -0.2) is 0 Å². The van der Waals surface area contributed by atoms with Gasteiger partial charge in [0.05, 0.1) is 36.5 Å². The van der Waals surface area contributed by atoms with E-state index in [4.69, 9.17) is 25.8 Å². The van der Waals surface area contributed by atoms with Crippen LogP contribution in [0.2, 0.25) is 5.02 Å². The Bertz CT molecular complexity index is 1050. The minimum absolute atomic E-state index is 0.00600. The molecule has 1 heterocycles. The summed E-state index contributed by atoms with van der Waals surface area (Å²) in [7, 11) is 1.52. The largest absolute Gasteiger partial charge is 0.507 e. The van der Waals surface area contributed by atoms with Crippen molar-refractivity contribution in [3.63, 3.8) is 0 Å². The Morgan fingerprint density at radius 1 is 1.09 bits per heavy atom. The zero-order chi connectivity index (χ0) is 24.0. The fourth-order valence-electron chi connectivity index (χ4n) is 3.71. The van der Waals surface area contributed by atoms with Crippen LogP contribution in [0, 0.1) is 0 Å². The second kappa shape index (κ2) is 11.2. The van der Waals surface area contributed by atoms with E-state index in [1.54, 1.807) is 36.4 Å². The van der Waals surface area contributed by atoms with Crippen LogP contribution in [-0.2, 0) is 14.3 Å². The van der Waals surface area contributed by atoms with Crippen LogP contribution in [0.1, 0.15) is 37.4 Å². The van der Waals surface area contributed by atoms with E-state index in [2.05, 4.69) is 0 Å². The molecule has 0 spiro atoms. The maximum absolute atomic E-state index is 13.1. The van der Waals surface area contributed by atoms with Gasteiger partial charge in [-0.05, 0) is 49.2 Å². The highest BCUT2D eigenvalue weighted by molar-refractivity contribution is 6.46. The Balaban J connectivity index is 2.14. The number of nitrogens with zero attached hydrogens (tertiary/aromatic N) is 1. The van der Waals surface area contributed by atoms with Gasteiger partial charge in [0.2, 0.25) is 0 Å². The van der Waals surface area contributed by atoms with Crippen LogP contribution in [0.5, 0.6) is 11.5 Å². The molecule has 7 nitrogen and oxygen atoms in total. The Morgan fingerprint density at radius 2 is 1.88 bits per heavy atom. The molecule has 1 saturated heterocycles. The zero-order valence-corrected chi connectivity index (χ0v) is 19.7. The average molecular weight is 474 g/mol. The molecule has 1 N–H and O–H groups in total. The Kier molecular flexibility index (Phi) is 8.36. The van der Waals surface area contributed by atoms with Crippen LogP contribution in [0.4, 0.5) is 0 Å². The van der Waals surface area contributed by atoms with E-state index >= 15 is 0 Å². The van der Waals surface area contributed by atoms with E-state index in [9.17, 15) is 14.7 Å². The van der Waals surface area contributed by atoms with E-state index in [1.165, 1.54) is 12.0 Å². The number of aliphatic hydroxyl groups is 1. The minimum atomic E-state index is -0.795. The number of aliphatic hydroxyl groups excluding tert-OH is 1. The van der Waals surface area contributed by atoms with Gasteiger partial charge in [0.1, 0.15) is 17.3 Å². The number of likely N-dealkylation sites (tertiary alicyclic amines) is 1. The third kappa shape index (κ3) is 5.31. The average Bonchev–Trinajstić information content (AvgIpc) is 3.07. The van der Waals surface area contributed by atoms with E-state index in [0.29, 0.717) is 40.9 Å². The molecule has 0 aliphatic carbocycles. The van der Waals surface area contributed by atoms with Crippen molar-refractivity contribution in [3.05, 3.63) is 64.2 Å². The molecule has 0 radical (unpaired) electrons. The third-order valence-corrected chi connectivity index (χ3v) is 5.54. The van der Waals surface area contributed by atoms with Crippen molar-refractivity contribution in [2.24, 2.45) is 0 Å². The number of ether oxygens (including phenoxy) is 3. The monoisotopic (exact) mass is 473 g/mol. The lowest BCUT2D eigenvalue weighted by molar-refractivity contribution is -0.140. The number of carbonyl (C=O) groups excluding carboxylic acids is 2. The van der Waals surface area contributed by atoms with Crippen molar-refractivity contribution in [2.45, 2.75) is 26.3 Å². The van der Waals surface area contributed by atoms with Crippen LogP contribution < -0.4 is 9.47 Å². The fraction of sp³-hybridized carbons (Fsp3) is 0.360. The molecule has 33 heavy (non-hydrogen) atoms. The van der Waals surface area contributed by atoms with Crippen LogP contribution >= 0.6 is 11.6 Å². The summed E-state index contributed by atoms with van der Waals surface area (Å²) in [5.74, 6) is -0.755. The number of hydrogen-bond donors (Lipinski definition) is 1. The predicted molar refractivity (Wildman–Crippen MR) is 126 cm³/mol. The molecule has 1 aliphatic rings. The summed E-state index contributed by atoms with van der Waals surface area (Å²) in [6.45, 7) is 5.18. The van der Waals surface area contributed by atoms with Crippen molar-refractivity contribution in [1.82, 2.24) is 4.90 Å². The Morgan fingerprint density at radius 3 is 2.58 bits per heavy atom. The molecule has 0 bridgehead atoms. The maximum atomic E-state index is 13.1. The van der Waals surface area contributed by atoms with E-state index in [1.807, 2.05) is 19.9 Å². The molecule has 1 amide bonds. The number of amides is 1. The number of rotatable bonds is 10. The quantitative estimate of drug-likeness (QED) is 0.308. The van der Waals surface area contributed by atoms with Crippen LogP contribution in [0.25, 0.3) is 5.76 Å². The highest BCUT2D eigenvalue weighted by Gasteiger charge is 2.46.